The molecule has 0 spiro atoms. The molecule has 0 aliphatic rings. The lowest BCUT2D eigenvalue weighted by Crippen LogP contribution is -2.26. The van der Waals surface area contributed by atoms with Gasteiger partial charge in [0, 0.05) is 11.6 Å². The first-order valence-corrected chi connectivity index (χ1v) is 7.24. The van der Waals surface area contributed by atoms with E-state index in [1.807, 2.05) is 0 Å². The molecule has 0 aliphatic carbocycles. The smallest absolute Gasteiger partial charge is 0.306 e. The molecule has 0 aromatic heterocycles. The summed E-state index contributed by atoms with van der Waals surface area (Å²) in [7, 11) is 0. The largest absolute Gasteiger partial charge is 0.493 e. The van der Waals surface area contributed by atoms with E-state index in [1.54, 1.807) is 31.2 Å². The molecule has 2 N–H and O–H groups in total. The summed E-state index contributed by atoms with van der Waals surface area (Å²) in [4.78, 5) is 22.2. The average molecular weight is 314 g/mol. The van der Waals surface area contributed by atoms with Gasteiger partial charge in [-0.2, -0.15) is 0 Å². The van der Waals surface area contributed by atoms with Gasteiger partial charge in [-0.15, -0.1) is 0 Å². The molecular weight excluding hydrogens is 294 g/mol. The van der Waals surface area contributed by atoms with Crippen molar-refractivity contribution < 1.29 is 19.4 Å². The van der Waals surface area contributed by atoms with E-state index in [9.17, 15) is 9.59 Å². The van der Waals surface area contributed by atoms with Crippen LogP contribution < -0.4 is 10.1 Å². The summed E-state index contributed by atoms with van der Waals surface area (Å²) in [6.45, 7) is 2.41. The molecule has 0 radical (unpaired) electrons. The van der Waals surface area contributed by atoms with Gasteiger partial charge in [0.2, 0.25) is 5.91 Å². The number of rotatable bonds is 9. The molecule has 0 saturated carbocycles. The highest BCUT2D eigenvalue weighted by Gasteiger charge is 2.10. The van der Waals surface area contributed by atoms with E-state index in [0.717, 1.165) is 0 Å². The van der Waals surface area contributed by atoms with Crippen molar-refractivity contribution in [3.05, 3.63) is 29.3 Å². The molecule has 1 aromatic carbocycles. The number of amides is 1. The van der Waals surface area contributed by atoms with Crippen molar-refractivity contribution in [3.8, 4) is 5.75 Å². The van der Waals surface area contributed by atoms with E-state index in [-0.39, 0.29) is 24.9 Å². The molecule has 0 saturated heterocycles. The number of aliphatic carboxylic acids is 1. The van der Waals surface area contributed by atoms with E-state index in [4.69, 9.17) is 21.4 Å². The zero-order chi connectivity index (χ0) is 15.7. The van der Waals surface area contributed by atoms with Gasteiger partial charge in [-0.3, -0.25) is 9.59 Å². The second kappa shape index (κ2) is 9.23. The summed E-state index contributed by atoms with van der Waals surface area (Å²) in [6, 6.07) is 6.99. The molecule has 5 nitrogen and oxygen atoms in total. The third-order valence-corrected chi connectivity index (χ3v) is 3.19. The van der Waals surface area contributed by atoms with Gasteiger partial charge in [0.05, 0.1) is 18.9 Å². The fourth-order valence-corrected chi connectivity index (χ4v) is 1.85. The van der Waals surface area contributed by atoms with Crippen LogP contribution in [0.1, 0.15) is 26.2 Å². The first-order chi connectivity index (χ1) is 9.99. The number of carboxylic acid groups (broad SMARTS) is 1. The van der Waals surface area contributed by atoms with Crippen LogP contribution in [0.15, 0.2) is 24.3 Å². The predicted molar refractivity (Wildman–Crippen MR) is 80.6 cm³/mol. The first kappa shape index (κ1) is 17.3. The zero-order valence-corrected chi connectivity index (χ0v) is 12.7. The predicted octanol–water partition coefficient (Wildman–Crippen LogP) is 2.73. The number of halogens is 1. The average Bonchev–Trinajstić information content (AvgIpc) is 2.43. The van der Waals surface area contributed by atoms with Gasteiger partial charge in [0.15, 0.2) is 0 Å². The number of carbonyl (C=O) groups excluding carboxylic acids is 1. The number of ether oxygens (including phenoxy) is 1. The van der Waals surface area contributed by atoms with E-state index in [2.05, 4.69) is 5.32 Å². The van der Waals surface area contributed by atoms with E-state index < -0.39 is 5.97 Å². The quantitative estimate of drug-likeness (QED) is 0.687. The first-order valence-electron chi connectivity index (χ1n) is 6.87. The van der Waals surface area contributed by atoms with Crippen LogP contribution in [0.2, 0.25) is 5.02 Å². The van der Waals surface area contributed by atoms with Crippen LogP contribution in [0.25, 0.3) is 0 Å². The Hall–Kier alpha value is -1.75. The highest BCUT2D eigenvalue weighted by Crippen LogP contribution is 2.17. The third-order valence-electron chi connectivity index (χ3n) is 2.95. The molecule has 1 atom stereocenters. The Morgan fingerprint density at radius 1 is 1.43 bits per heavy atom. The molecule has 6 heteroatoms. The summed E-state index contributed by atoms with van der Waals surface area (Å²) in [5.41, 5.74) is 0. The fourth-order valence-electron chi connectivity index (χ4n) is 1.67. The van der Waals surface area contributed by atoms with Crippen LogP contribution in [0.3, 0.4) is 0 Å². The van der Waals surface area contributed by atoms with Crippen LogP contribution in [0.5, 0.6) is 5.75 Å². The van der Waals surface area contributed by atoms with Gasteiger partial charge in [0.25, 0.3) is 0 Å². The van der Waals surface area contributed by atoms with Crippen molar-refractivity contribution in [2.75, 3.05) is 13.2 Å². The van der Waals surface area contributed by atoms with Gasteiger partial charge in [-0.1, -0.05) is 24.6 Å². The number of hydrogen-bond donors (Lipinski definition) is 2. The van der Waals surface area contributed by atoms with Crippen LogP contribution in [0, 0.1) is 5.92 Å². The van der Waals surface area contributed by atoms with Crippen LogP contribution in [-0.4, -0.2) is 30.1 Å². The highest BCUT2D eigenvalue weighted by atomic mass is 35.5. The van der Waals surface area contributed by atoms with Gasteiger partial charge >= 0.3 is 5.97 Å². The number of nitrogens with one attached hydrogen (secondary N) is 1. The molecule has 0 aliphatic heterocycles. The molecule has 116 valence electrons. The molecule has 0 fully saturated rings. The van der Waals surface area contributed by atoms with Crippen molar-refractivity contribution in [2.24, 2.45) is 5.92 Å². The van der Waals surface area contributed by atoms with Crippen LogP contribution in [-0.2, 0) is 9.59 Å². The second-order valence-corrected chi connectivity index (χ2v) is 5.22. The highest BCUT2D eigenvalue weighted by molar-refractivity contribution is 6.30. The summed E-state index contributed by atoms with van der Waals surface area (Å²) in [5, 5.41) is 12.0. The fraction of sp³-hybridized carbons (Fsp3) is 0.467. The van der Waals surface area contributed by atoms with Crippen molar-refractivity contribution in [2.45, 2.75) is 26.2 Å². The monoisotopic (exact) mass is 313 g/mol. The maximum Gasteiger partial charge on any atom is 0.306 e. The van der Waals surface area contributed by atoms with Gasteiger partial charge < -0.3 is 15.2 Å². The lowest BCUT2D eigenvalue weighted by atomic mass is 10.1. The topological polar surface area (TPSA) is 75.6 Å². The normalized spacial score (nSPS) is 11.7. The summed E-state index contributed by atoms with van der Waals surface area (Å²) in [5.74, 6) is -0.671. The Kier molecular flexibility index (Phi) is 7.61. The Morgan fingerprint density at radius 3 is 2.86 bits per heavy atom. The standard InChI is InChI=1S/C15H20ClNO4/c1-11(15(19)20)4-3-8-17-14(18)7-9-21-13-6-2-5-12(16)10-13/h2,5-6,10-11H,3-4,7-9H2,1H3,(H,17,18)(H,19,20). The van der Waals surface area contributed by atoms with Crippen molar-refractivity contribution in [3.63, 3.8) is 0 Å². The third kappa shape index (κ3) is 7.56. The molecule has 1 unspecified atom stereocenters. The van der Waals surface area contributed by atoms with Gasteiger partial charge in [-0.25, -0.2) is 0 Å². The maximum atomic E-state index is 11.5. The Balaban J connectivity index is 2.10. The number of benzene rings is 1. The lowest BCUT2D eigenvalue weighted by Gasteiger charge is -2.08. The summed E-state index contributed by atoms with van der Waals surface area (Å²) in [6.07, 6.45) is 1.45. The number of carbonyl (C=O) groups is 2. The zero-order valence-electron chi connectivity index (χ0n) is 12.0. The Morgan fingerprint density at radius 2 is 2.19 bits per heavy atom. The minimum absolute atomic E-state index is 0.111. The molecule has 1 rings (SSSR count). The molecule has 1 amide bonds. The molecule has 1 aromatic rings. The Labute approximate surface area is 129 Å². The van der Waals surface area contributed by atoms with Crippen LogP contribution in [0.4, 0.5) is 0 Å². The molecule has 0 bridgehead atoms. The molecule has 0 heterocycles. The van der Waals surface area contributed by atoms with E-state index in [0.29, 0.717) is 30.2 Å². The van der Waals surface area contributed by atoms with E-state index in [1.165, 1.54) is 0 Å². The number of hydrogen-bond acceptors (Lipinski definition) is 3. The second-order valence-electron chi connectivity index (χ2n) is 4.79. The SMILES string of the molecule is CC(CCCNC(=O)CCOc1cccc(Cl)c1)C(=O)O. The van der Waals surface area contributed by atoms with Crippen molar-refractivity contribution in [1.82, 2.24) is 5.32 Å². The summed E-state index contributed by atoms with van der Waals surface area (Å²) < 4.78 is 5.41. The van der Waals surface area contributed by atoms with Crippen molar-refractivity contribution in [1.29, 1.82) is 0 Å². The van der Waals surface area contributed by atoms with Gasteiger partial charge in [0.1, 0.15) is 5.75 Å². The maximum absolute atomic E-state index is 11.5. The van der Waals surface area contributed by atoms with Crippen LogP contribution >= 0.6 is 11.6 Å². The van der Waals surface area contributed by atoms with E-state index >= 15 is 0 Å². The molecule has 21 heavy (non-hydrogen) atoms. The number of carboxylic acids is 1. The minimum Gasteiger partial charge on any atom is -0.493 e. The summed E-state index contributed by atoms with van der Waals surface area (Å²) >= 11 is 5.82. The Bertz CT molecular complexity index is 478. The minimum atomic E-state index is -0.809. The van der Waals surface area contributed by atoms with Crippen molar-refractivity contribution >= 4 is 23.5 Å². The molecular formula is C15H20ClNO4. The lowest BCUT2D eigenvalue weighted by molar-refractivity contribution is -0.141. The van der Waals surface area contributed by atoms with Gasteiger partial charge in [-0.05, 0) is 31.0 Å².